The average Bonchev–Trinajstić information content (AvgIpc) is 2.78. The molecule has 1 aliphatic heterocycles. The van der Waals surface area contributed by atoms with Gasteiger partial charge in [-0.05, 0) is 26.7 Å². The van der Waals surface area contributed by atoms with Crippen molar-refractivity contribution in [2.24, 2.45) is 0 Å². The number of halogens is 1. The first-order valence-electron chi connectivity index (χ1n) is 6.83. The monoisotopic (exact) mass is 283 g/mol. The molecular formula is C14H22ClN3O. The molecule has 1 aromatic heterocycles. The molecule has 0 radical (unpaired) electrons. The van der Waals surface area contributed by atoms with Crippen LogP contribution in [0.5, 0.6) is 0 Å². The Balaban J connectivity index is 2.15. The van der Waals surface area contributed by atoms with Crippen molar-refractivity contribution < 1.29 is 4.74 Å². The van der Waals surface area contributed by atoms with Crippen LogP contribution >= 0.6 is 11.6 Å². The van der Waals surface area contributed by atoms with Crippen LogP contribution in [-0.2, 0) is 4.74 Å². The summed E-state index contributed by atoms with van der Waals surface area (Å²) in [4.78, 5) is 8.88. The van der Waals surface area contributed by atoms with E-state index in [1.807, 2.05) is 6.92 Å². The minimum atomic E-state index is -0.0954. The average molecular weight is 284 g/mol. The molecule has 1 aromatic rings. The SMILES string of the molecule is Cc1c(Cl)nc(C(C)C)nc1NCC1(C)CCCO1. The third kappa shape index (κ3) is 3.37. The summed E-state index contributed by atoms with van der Waals surface area (Å²) >= 11 is 6.17. The van der Waals surface area contributed by atoms with Crippen molar-refractivity contribution >= 4 is 17.4 Å². The number of hydrogen-bond donors (Lipinski definition) is 1. The van der Waals surface area contributed by atoms with Gasteiger partial charge in [0.05, 0.1) is 5.60 Å². The van der Waals surface area contributed by atoms with Crippen molar-refractivity contribution in [1.82, 2.24) is 9.97 Å². The molecule has 4 nitrogen and oxygen atoms in total. The van der Waals surface area contributed by atoms with E-state index in [9.17, 15) is 0 Å². The van der Waals surface area contributed by atoms with Gasteiger partial charge >= 0.3 is 0 Å². The molecule has 1 aliphatic rings. The summed E-state index contributed by atoms with van der Waals surface area (Å²) in [5.41, 5.74) is 0.801. The molecular weight excluding hydrogens is 262 g/mol. The quantitative estimate of drug-likeness (QED) is 0.859. The number of hydrogen-bond acceptors (Lipinski definition) is 4. The molecule has 1 fully saturated rings. The second-order valence-corrected chi connectivity index (χ2v) is 6.11. The van der Waals surface area contributed by atoms with Crippen molar-refractivity contribution in [3.8, 4) is 0 Å². The molecule has 0 amide bonds. The number of aromatic nitrogens is 2. The molecule has 0 bridgehead atoms. The van der Waals surface area contributed by atoms with E-state index in [2.05, 4.69) is 36.1 Å². The predicted octanol–water partition coefficient (Wildman–Crippen LogP) is 3.54. The fourth-order valence-corrected chi connectivity index (χ4v) is 2.36. The Kier molecular flexibility index (Phi) is 4.31. The predicted molar refractivity (Wildman–Crippen MR) is 77.9 cm³/mol. The van der Waals surface area contributed by atoms with Gasteiger partial charge in [-0.1, -0.05) is 25.4 Å². The first kappa shape index (κ1) is 14.5. The van der Waals surface area contributed by atoms with Gasteiger partial charge in [-0.3, -0.25) is 0 Å². The van der Waals surface area contributed by atoms with Gasteiger partial charge < -0.3 is 10.1 Å². The van der Waals surface area contributed by atoms with Gasteiger partial charge in [0.25, 0.3) is 0 Å². The topological polar surface area (TPSA) is 47.0 Å². The maximum atomic E-state index is 6.17. The highest BCUT2D eigenvalue weighted by Gasteiger charge is 2.29. The molecule has 2 rings (SSSR count). The summed E-state index contributed by atoms with van der Waals surface area (Å²) in [6.07, 6.45) is 2.20. The Bertz CT molecular complexity index is 456. The third-order valence-corrected chi connectivity index (χ3v) is 3.92. The lowest BCUT2D eigenvalue weighted by atomic mass is 10.0. The molecule has 0 saturated carbocycles. The minimum absolute atomic E-state index is 0.0954. The summed E-state index contributed by atoms with van der Waals surface area (Å²) in [5, 5.41) is 3.90. The zero-order valence-electron chi connectivity index (χ0n) is 12.1. The molecule has 2 heterocycles. The molecule has 1 saturated heterocycles. The lowest BCUT2D eigenvalue weighted by Crippen LogP contribution is -2.33. The smallest absolute Gasteiger partial charge is 0.137 e. The van der Waals surface area contributed by atoms with Crippen LogP contribution in [0.2, 0.25) is 5.15 Å². The summed E-state index contributed by atoms with van der Waals surface area (Å²) in [5.74, 6) is 1.85. The van der Waals surface area contributed by atoms with Crippen LogP contribution in [0.25, 0.3) is 0 Å². The van der Waals surface area contributed by atoms with Crippen molar-refractivity contribution in [3.05, 3.63) is 16.5 Å². The molecule has 5 heteroatoms. The number of anilines is 1. The highest BCUT2D eigenvalue weighted by molar-refractivity contribution is 6.30. The standard InChI is InChI=1S/C14H22ClN3O/c1-9(2)12-17-11(15)10(3)13(18-12)16-8-14(4)6-5-7-19-14/h9H,5-8H2,1-4H3,(H,16,17,18). The minimum Gasteiger partial charge on any atom is -0.373 e. The Hall–Kier alpha value is -0.870. The maximum absolute atomic E-state index is 6.17. The fraction of sp³-hybridized carbons (Fsp3) is 0.714. The van der Waals surface area contributed by atoms with Crippen LogP contribution in [0.4, 0.5) is 5.82 Å². The molecule has 19 heavy (non-hydrogen) atoms. The Morgan fingerprint density at radius 1 is 1.42 bits per heavy atom. The number of nitrogens with one attached hydrogen (secondary N) is 1. The molecule has 1 unspecified atom stereocenters. The van der Waals surface area contributed by atoms with Crippen LogP contribution in [0.15, 0.2) is 0 Å². The Morgan fingerprint density at radius 3 is 2.74 bits per heavy atom. The zero-order chi connectivity index (χ0) is 14.0. The van der Waals surface area contributed by atoms with Crippen molar-refractivity contribution in [3.63, 3.8) is 0 Å². The van der Waals surface area contributed by atoms with Gasteiger partial charge in [0.1, 0.15) is 16.8 Å². The Morgan fingerprint density at radius 2 is 2.16 bits per heavy atom. The second-order valence-electron chi connectivity index (χ2n) is 5.76. The van der Waals surface area contributed by atoms with E-state index in [0.29, 0.717) is 5.15 Å². The van der Waals surface area contributed by atoms with Gasteiger partial charge in [-0.2, -0.15) is 0 Å². The summed E-state index contributed by atoms with van der Waals surface area (Å²) < 4.78 is 5.77. The molecule has 0 spiro atoms. The number of ether oxygens (including phenoxy) is 1. The Labute approximate surface area is 119 Å². The summed E-state index contributed by atoms with van der Waals surface area (Å²) in [6.45, 7) is 9.79. The molecule has 0 aliphatic carbocycles. The molecule has 1 N–H and O–H groups in total. The van der Waals surface area contributed by atoms with Crippen LogP contribution in [0.3, 0.4) is 0 Å². The first-order valence-corrected chi connectivity index (χ1v) is 7.21. The van der Waals surface area contributed by atoms with E-state index in [1.54, 1.807) is 0 Å². The summed E-state index contributed by atoms with van der Waals surface area (Å²) in [7, 11) is 0. The van der Waals surface area contributed by atoms with E-state index in [-0.39, 0.29) is 11.5 Å². The van der Waals surface area contributed by atoms with Crippen molar-refractivity contribution in [2.45, 2.75) is 52.1 Å². The van der Waals surface area contributed by atoms with Crippen molar-refractivity contribution in [1.29, 1.82) is 0 Å². The number of nitrogens with zero attached hydrogens (tertiary/aromatic N) is 2. The highest BCUT2D eigenvalue weighted by Crippen LogP contribution is 2.27. The van der Waals surface area contributed by atoms with Gasteiger partial charge in [0.15, 0.2) is 0 Å². The van der Waals surface area contributed by atoms with E-state index in [0.717, 1.165) is 43.2 Å². The van der Waals surface area contributed by atoms with E-state index >= 15 is 0 Å². The number of rotatable bonds is 4. The third-order valence-electron chi connectivity index (χ3n) is 3.55. The lowest BCUT2D eigenvalue weighted by Gasteiger charge is -2.24. The van der Waals surface area contributed by atoms with Crippen molar-refractivity contribution in [2.75, 3.05) is 18.5 Å². The van der Waals surface area contributed by atoms with Gasteiger partial charge in [-0.25, -0.2) is 9.97 Å². The lowest BCUT2D eigenvalue weighted by molar-refractivity contribution is 0.0314. The van der Waals surface area contributed by atoms with Crippen LogP contribution < -0.4 is 5.32 Å². The van der Waals surface area contributed by atoms with Gasteiger partial charge in [-0.15, -0.1) is 0 Å². The zero-order valence-corrected chi connectivity index (χ0v) is 12.8. The van der Waals surface area contributed by atoms with E-state index < -0.39 is 0 Å². The van der Waals surface area contributed by atoms with Crippen LogP contribution in [0, 0.1) is 6.92 Å². The van der Waals surface area contributed by atoms with Crippen LogP contribution in [0.1, 0.15) is 50.9 Å². The van der Waals surface area contributed by atoms with Crippen LogP contribution in [-0.4, -0.2) is 28.7 Å². The fourth-order valence-electron chi connectivity index (χ4n) is 2.18. The normalized spacial score (nSPS) is 23.1. The van der Waals surface area contributed by atoms with E-state index in [1.165, 1.54) is 0 Å². The molecule has 1 atom stereocenters. The second kappa shape index (κ2) is 5.63. The van der Waals surface area contributed by atoms with Gasteiger partial charge in [0, 0.05) is 24.6 Å². The molecule has 0 aromatic carbocycles. The highest BCUT2D eigenvalue weighted by atomic mass is 35.5. The van der Waals surface area contributed by atoms with E-state index in [4.69, 9.17) is 16.3 Å². The largest absolute Gasteiger partial charge is 0.373 e. The molecule has 106 valence electrons. The maximum Gasteiger partial charge on any atom is 0.137 e. The summed E-state index contributed by atoms with van der Waals surface area (Å²) in [6, 6.07) is 0. The first-order chi connectivity index (χ1) is 8.91. The van der Waals surface area contributed by atoms with Gasteiger partial charge in [0.2, 0.25) is 0 Å².